The van der Waals surface area contributed by atoms with Crippen LogP contribution in [0.2, 0.25) is 0 Å². The van der Waals surface area contributed by atoms with Gasteiger partial charge in [0.25, 0.3) is 0 Å². The van der Waals surface area contributed by atoms with Crippen molar-refractivity contribution in [2.45, 2.75) is 18.7 Å². The Hall–Kier alpha value is -2.60. The van der Waals surface area contributed by atoms with Crippen LogP contribution in [0.3, 0.4) is 0 Å². The normalized spacial score (nSPS) is 10.7. The number of aromatic nitrogens is 2. The lowest BCUT2D eigenvalue weighted by Gasteiger charge is -2.06. The summed E-state index contributed by atoms with van der Waals surface area (Å²) in [5.41, 5.74) is 3.32. The molecule has 25 heavy (non-hydrogen) atoms. The number of rotatable bonds is 5. The predicted molar refractivity (Wildman–Crippen MR) is 98.8 cm³/mol. The van der Waals surface area contributed by atoms with Crippen LogP contribution in [-0.4, -0.2) is 21.4 Å². The zero-order valence-electron chi connectivity index (χ0n) is 14.0. The minimum absolute atomic E-state index is 0.179. The molecule has 3 rings (SSSR count). The topological polar surface area (TPSA) is 46.9 Å². The van der Waals surface area contributed by atoms with Crippen molar-refractivity contribution in [3.63, 3.8) is 0 Å². The number of amides is 1. The Morgan fingerprint density at radius 2 is 1.92 bits per heavy atom. The van der Waals surface area contributed by atoms with Crippen LogP contribution in [0, 0.1) is 19.7 Å². The molecule has 0 atom stereocenters. The summed E-state index contributed by atoms with van der Waals surface area (Å²) in [5.74, 6) is -0.318. The largest absolute Gasteiger partial charge is 0.325 e. The number of aryl methyl sites for hydroxylation is 1. The number of nitrogens with one attached hydrogen (secondary N) is 1. The molecule has 0 aliphatic heterocycles. The van der Waals surface area contributed by atoms with Crippen molar-refractivity contribution in [3.8, 4) is 5.69 Å². The van der Waals surface area contributed by atoms with Crippen molar-refractivity contribution in [2.75, 3.05) is 11.1 Å². The Balaban J connectivity index is 1.69. The summed E-state index contributed by atoms with van der Waals surface area (Å²) in [6, 6.07) is 15.7. The van der Waals surface area contributed by atoms with Crippen LogP contribution in [0.25, 0.3) is 5.69 Å². The van der Waals surface area contributed by atoms with E-state index < -0.39 is 0 Å². The number of anilines is 1. The van der Waals surface area contributed by atoms with Gasteiger partial charge in [0.15, 0.2) is 0 Å². The molecule has 1 heterocycles. The van der Waals surface area contributed by atoms with Crippen molar-refractivity contribution in [1.82, 2.24) is 9.78 Å². The highest BCUT2D eigenvalue weighted by atomic mass is 32.2. The molecule has 4 nitrogen and oxygen atoms in total. The van der Waals surface area contributed by atoms with Crippen LogP contribution in [-0.2, 0) is 4.79 Å². The first-order valence-corrected chi connectivity index (χ1v) is 8.83. The molecule has 0 saturated heterocycles. The van der Waals surface area contributed by atoms with E-state index in [1.165, 1.54) is 23.9 Å². The Morgan fingerprint density at radius 3 is 2.64 bits per heavy atom. The number of carbonyl (C=O) groups is 1. The number of benzene rings is 2. The zero-order valence-corrected chi connectivity index (χ0v) is 14.8. The number of hydrogen-bond acceptors (Lipinski definition) is 3. The van der Waals surface area contributed by atoms with Crippen molar-refractivity contribution < 1.29 is 9.18 Å². The Morgan fingerprint density at radius 1 is 1.16 bits per heavy atom. The third kappa shape index (κ3) is 4.09. The molecule has 0 saturated carbocycles. The van der Waals surface area contributed by atoms with Gasteiger partial charge in [-0.15, -0.1) is 11.8 Å². The number of thioether (sulfide) groups is 1. The fraction of sp³-hybridized carbons (Fsp3) is 0.158. The minimum atomic E-state index is -0.374. The first kappa shape index (κ1) is 17.2. The summed E-state index contributed by atoms with van der Waals surface area (Å²) < 4.78 is 15.0. The number of halogens is 1. The molecule has 0 unspecified atom stereocenters. The molecule has 128 valence electrons. The van der Waals surface area contributed by atoms with Crippen LogP contribution in [0.4, 0.5) is 10.1 Å². The predicted octanol–water partition coefficient (Wildman–Crippen LogP) is 4.36. The fourth-order valence-electron chi connectivity index (χ4n) is 2.56. The molecule has 3 aromatic rings. The van der Waals surface area contributed by atoms with Crippen LogP contribution < -0.4 is 5.32 Å². The van der Waals surface area contributed by atoms with Crippen molar-refractivity contribution >= 4 is 23.4 Å². The van der Waals surface area contributed by atoms with Crippen molar-refractivity contribution in [1.29, 1.82) is 0 Å². The van der Waals surface area contributed by atoms with Gasteiger partial charge in [-0.25, -0.2) is 9.07 Å². The summed E-state index contributed by atoms with van der Waals surface area (Å²) in [5, 5.41) is 7.27. The van der Waals surface area contributed by atoms with E-state index in [1.807, 2.05) is 48.9 Å². The Kier molecular flexibility index (Phi) is 5.19. The number of nitrogens with zero attached hydrogens (tertiary/aromatic N) is 2. The monoisotopic (exact) mass is 355 g/mol. The summed E-state index contributed by atoms with van der Waals surface area (Å²) in [7, 11) is 0. The number of para-hydroxylation sites is 1. The lowest BCUT2D eigenvalue weighted by atomic mass is 10.3. The maximum atomic E-state index is 13.2. The van der Waals surface area contributed by atoms with Gasteiger partial charge in [0.2, 0.25) is 5.91 Å². The molecule has 1 amide bonds. The minimum Gasteiger partial charge on any atom is -0.325 e. The highest BCUT2D eigenvalue weighted by molar-refractivity contribution is 8.00. The molecule has 0 aliphatic carbocycles. The van der Waals surface area contributed by atoms with E-state index in [2.05, 4.69) is 10.4 Å². The van der Waals surface area contributed by atoms with Gasteiger partial charge in [0.05, 0.1) is 27.7 Å². The highest BCUT2D eigenvalue weighted by Gasteiger charge is 2.15. The van der Waals surface area contributed by atoms with Crippen LogP contribution in [0.1, 0.15) is 11.4 Å². The number of hydrogen-bond donors (Lipinski definition) is 1. The van der Waals surface area contributed by atoms with Gasteiger partial charge in [-0.1, -0.05) is 24.3 Å². The SMILES string of the molecule is Cc1nn(-c2ccccc2)c(C)c1SCC(=O)Nc1cccc(F)c1. The Bertz CT molecular complexity index is 893. The van der Waals surface area contributed by atoms with Crippen LogP contribution in [0.5, 0.6) is 0 Å². The van der Waals surface area contributed by atoms with E-state index in [-0.39, 0.29) is 17.5 Å². The van der Waals surface area contributed by atoms with E-state index in [0.717, 1.165) is 22.0 Å². The van der Waals surface area contributed by atoms with Gasteiger partial charge in [0.1, 0.15) is 5.82 Å². The molecule has 6 heteroatoms. The average Bonchev–Trinajstić information content (AvgIpc) is 2.88. The smallest absolute Gasteiger partial charge is 0.234 e. The first-order chi connectivity index (χ1) is 12.0. The molecule has 2 aromatic carbocycles. The lowest BCUT2D eigenvalue weighted by molar-refractivity contribution is -0.113. The van der Waals surface area contributed by atoms with Gasteiger partial charge in [0, 0.05) is 5.69 Å². The molecule has 0 spiro atoms. The van der Waals surface area contributed by atoms with E-state index in [1.54, 1.807) is 12.1 Å². The molecule has 0 fully saturated rings. The van der Waals surface area contributed by atoms with Gasteiger partial charge < -0.3 is 5.32 Å². The first-order valence-electron chi connectivity index (χ1n) is 7.84. The maximum absolute atomic E-state index is 13.2. The fourth-order valence-corrected chi connectivity index (χ4v) is 3.45. The third-order valence-electron chi connectivity index (χ3n) is 3.68. The summed E-state index contributed by atoms with van der Waals surface area (Å²) in [6.45, 7) is 3.92. The van der Waals surface area contributed by atoms with Crippen LogP contribution in [0.15, 0.2) is 59.5 Å². The van der Waals surface area contributed by atoms with Crippen molar-refractivity contribution in [3.05, 3.63) is 71.8 Å². The molecule has 1 aromatic heterocycles. The quantitative estimate of drug-likeness (QED) is 0.692. The average molecular weight is 355 g/mol. The molecule has 1 N–H and O–H groups in total. The van der Waals surface area contributed by atoms with Gasteiger partial charge >= 0.3 is 0 Å². The zero-order chi connectivity index (χ0) is 17.8. The van der Waals surface area contributed by atoms with E-state index in [4.69, 9.17) is 0 Å². The Labute approximate surface area is 150 Å². The van der Waals surface area contributed by atoms with E-state index >= 15 is 0 Å². The molecule has 0 aliphatic rings. The summed E-state index contributed by atoms with van der Waals surface area (Å²) in [6.07, 6.45) is 0. The molecular weight excluding hydrogens is 337 g/mol. The molecular formula is C19H18FN3OS. The molecule has 0 radical (unpaired) electrons. The second kappa shape index (κ2) is 7.53. The summed E-state index contributed by atoms with van der Waals surface area (Å²) in [4.78, 5) is 13.1. The maximum Gasteiger partial charge on any atom is 0.234 e. The van der Waals surface area contributed by atoms with Gasteiger partial charge in [-0.2, -0.15) is 5.10 Å². The second-order valence-corrected chi connectivity index (χ2v) is 6.58. The lowest BCUT2D eigenvalue weighted by Crippen LogP contribution is -2.14. The van der Waals surface area contributed by atoms with Crippen molar-refractivity contribution in [2.24, 2.45) is 0 Å². The second-order valence-electron chi connectivity index (χ2n) is 5.59. The third-order valence-corrected chi connectivity index (χ3v) is 4.97. The standard InChI is InChI=1S/C19H18FN3OS/c1-13-19(14(2)23(22-13)17-9-4-3-5-10-17)25-12-18(24)21-16-8-6-7-15(20)11-16/h3-11H,12H2,1-2H3,(H,21,24). The van der Waals surface area contributed by atoms with Gasteiger partial charge in [-0.3, -0.25) is 4.79 Å². The summed E-state index contributed by atoms with van der Waals surface area (Å²) >= 11 is 1.43. The van der Waals surface area contributed by atoms with E-state index in [9.17, 15) is 9.18 Å². The van der Waals surface area contributed by atoms with Crippen LogP contribution >= 0.6 is 11.8 Å². The highest BCUT2D eigenvalue weighted by Crippen LogP contribution is 2.28. The van der Waals surface area contributed by atoms with Gasteiger partial charge in [-0.05, 0) is 44.2 Å². The van der Waals surface area contributed by atoms with E-state index in [0.29, 0.717) is 5.69 Å². The molecule has 0 bridgehead atoms. The number of carbonyl (C=O) groups excluding carboxylic acids is 1.